The third kappa shape index (κ3) is 2.32. The molecule has 1 saturated carbocycles. The van der Waals surface area contributed by atoms with Crippen LogP contribution in [0.25, 0.3) is 0 Å². The fourth-order valence-electron chi connectivity index (χ4n) is 2.04. The molecule has 1 aliphatic rings. The Labute approximate surface area is 102 Å². The lowest BCUT2D eigenvalue weighted by molar-refractivity contribution is 0.0692. The molecule has 88 valence electrons. The standard InChI is InChI=1S/C10H14N2O2S2/c1-15-7-4-2-3-6(7)12-9-8(10(13)14)11-5-16-9/h5-7,12H,2-4H2,1H3,(H,13,14). The summed E-state index contributed by atoms with van der Waals surface area (Å²) in [5, 5.41) is 13.6. The minimum absolute atomic E-state index is 0.150. The quantitative estimate of drug-likeness (QED) is 0.869. The SMILES string of the molecule is CSC1CCCC1Nc1scnc1C(=O)O. The van der Waals surface area contributed by atoms with E-state index >= 15 is 0 Å². The zero-order valence-electron chi connectivity index (χ0n) is 8.97. The topological polar surface area (TPSA) is 62.2 Å². The summed E-state index contributed by atoms with van der Waals surface area (Å²) in [6.45, 7) is 0. The number of carbonyl (C=O) groups is 1. The molecule has 1 heterocycles. The molecule has 0 spiro atoms. The minimum atomic E-state index is -0.956. The van der Waals surface area contributed by atoms with Crippen LogP contribution in [-0.4, -0.2) is 33.6 Å². The Bertz CT molecular complexity index is 381. The van der Waals surface area contributed by atoms with Crippen molar-refractivity contribution in [1.82, 2.24) is 4.98 Å². The number of aromatic carboxylic acids is 1. The van der Waals surface area contributed by atoms with Crippen molar-refractivity contribution in [2.45, 2.75) is 30.6 Å². The predicted octanol–water partition coefficient (Wildman–Crippen LogP) is 2.54. The molecule has 0 radical (unpaired) electrons. The lowest BCUT2D eigenvalue weighted by Gasteiger charge is -2.19. The Morgan fingerprint density at radius 2 is 2.50 bits per heavy atom. The smallest absolute Gasteiger partial charge is 0.357 e. The van der Waals surface area contributed by atoms with E-state index in [-0.39, 0.29) is 5.69 Å². The zero-order valence-corrected chi connectivity index (χ0v) is 10.6. The van der Waals surface area contributed by atoms with Crippen LogP contribution in [0.3, 0.4) is 0 Å². The van der Waals surface area contributed by atoms with E-state index in [1.807, 2.05) is 11.8 Å². The average Bonchev–Trinajstić information content (AvgIpc) is 2.86. The van der Waals surface area contributed by atoms with Crippen LogP contribution in [0.15, 0.2) is 5.51 Å². The van der Waals surface area contributed by atoms with Gasteiger partial charge in [-0.05, 0) is 19.1 Å². The monoisotopic (exact) mass is 258 g/mol. The van der Waals surface area contributed by atoms with Gasteiger partial charge in [-0.15, -0.1) is 11.3 Å². The van der Waals surface area contributed by atoms with Gasteiger partial charge in [0.1, 0.15) is 5.00 Å². The number of hydrogen-bond acceptors (Lipinski definition) is 5. The normalized spacial score (nSPS) is 24.6. The highest BCUT2D eigenvalue weighted by Gasteiger charge is 2.28. The second-order valence-corrected chi connectivity index (χ2v) is 5.72. The summed E-state index contributed by atoms with van der Waals surface area (Å²) in [7, 11) is 0. The minimum Gasteiger partial charge on any atom is -0.476 e. The number of carboxylic acid groups (broad SMARTS) is 1. The highest BCUT2D eigenvalue weighted by Crippen LogP contribution is 2.32. The summed E-state index contributed by atoms with van der Waals surface area (Å²) < 4.78 is 0. The summed E-state index contributed by atoms with van der Waals surface area (Å²) in [5.74, 6) is -0.956. The van der Waals surface area contributed by atoms with Gasteiger partial charge in [0, 0.05) is 11.3 Å². The van der Waals surface area contributed by atoms with Crippen LogP contribution >= 0.6 is 23.1 Å². The number of nitrogens with one attached hydrogen (secondary N) is 1. The Balaban J connectivity index is 2.08. The molecule has 16 heavy (non-hydrogen) atoms. The molecule has 2 rings (SSSR count). The molecular weight excluding hydrogens is 244 g/mol. The van der Waals surface area contributed by atoms with Crippen LogP contribution in [-0.2, 0) is 0 Å². The molecule has 0 bridgehead atoms. The maximum atomic E-state index is 10.9. The third-order valence-corrected chi connectivity index (χ3v) is 4.77. The van der Waals surface area contributed by atoms with E-state index in [1.165, 1.54) is 24.2 Å². The molecular formula is C10H14N2O2S2. The molecule has 0 saturated heterocycles. The molecule has 4 nitrogen and oxygen atoms in total. The highest BCUT2D eigenvalue weighted by molar-refractivity contribution is 7.99. The van der Waals surface area contributed by atoms with Gasteiger partial charge in [-0.25, -0.2) is 9.78 Å². The number of thioether (sulfide) groups is 1. The Kier molecular flexibility index (Phi) is 3.70. The van der Waals surface area contributed by atoms with Crippen LogP contribution in [0.4, 0.5) is 5.00 Å². The largest absolute Gasteiger partial charge is 0.476 e. The van der Waals surface area contributed by atoms with Crippen molar-refractivity contribution in [2.24, 2.45) is 0 Å². The fourth-order valence-corrected chi connectivity index (χ4v) is 3.71. The Hall–Kier alpha value is -0.750. The van der Waals surface area contributed by atoms with E-state index in [9.17, 15) is 4.79 Å². The van der Waals surface area contributed by atoms with Crippen molar-refractivity contribution in [2.75, 3.05) is 11.6 Å². The first-order chi connectivity index (χ1) is 7.72. The van der Waals surface area contributed by atoms with E-state index in [1.54, 1.807) is 5.51 Å². The molecule has 2 N–H and O–H groups in total. The van der Waals surface area contributed by atoms with Crippen LogP contribution in [0.1, 0.15) is 29.8 Å². The molecule has 0 aliphatic heterocycles. The fraction of sp³-hybridized carbons (Fsp3) is 0.600. The maximum Gasteiger partial charge on any atom is 0.357 e. The summed E-state index contributed by atoms with van der Waals surface area (Å²) in [6.07, 6.45) is 5.64. The van der Waals surface area contributed by atoms with Crippen molar-refractivity contribution in [1.29, 1.82) is 0 Å². The second kappa shape index (κ2) is 5.05. The van der Waals surface area contributed by atoms with Gasteiger partial charge in [0.05, 0.1) is 5.51 Å². The van der Waals surface area contributed by atoms with Crippen molar-refractivity contribution < 1.29 is 9.90 Å². The van der Waals surface area contributed by atoms with Gasteiger partial charge in [0.25, 0.3) is 0 Å². The van der Waals surface area contributed by atoms with Crippen LogP contribution < -0.4 is 5.32 Å². The number of anilines is 1. The van der Waals surface area contributed by atoms with Crippen LogP contribution in [0, 0.1) is 0 Å². The van der Waals surface area contributed by atoms with Crippen LogP contribution in [0.2, 0.25) is 0 Å². The summed E-state index contributed by atoms with van der Waals surface area (Å²) in [4.78, 5) is 14.8. The van der Waals surface area contributed by atoms with E-state index in [2.05, 4.69) is 16.6 Å². The van der Waals surface area contributed by atoms with Gasteiger partial charge >= 0.3 is 5.97 Å². The molecule has 0 aromatic carbocycles. The van der Waals surface area contributed by atoms with Gasteiger partial charge in [-0.2, -0.15) is 11.8 Å². The molecule has 2 atom stereocenters. The van der Waals surface area contributed by atoms with Gasteiger partial charge in [-0.3, -0.25) is 0 Å². The van der Waals surface area contributed by atoms with Crippen molar-refractivity contribution in [3.63, 3.8) is 0 Å². The number of carboxylic acids is 1. The van der Waals surface area contributed by atoms with Gasteiger partial charge in [-0.1, -0.05) is 6.42 Å². The lowest BCUT2D eigenvalue weighted by atomic mass is 10.2. The molecule has 2 unspecified atom stereocenters. The first-order valence-electron chi connectivity index (χ1n) is 5.18. The molecule has 1 aliphatic carbocycles. The molecule has 6 heteroatoms. The van der Waals surface area contributed by atoms with Crippen molar-refractivity contribution >= 4 is 34.1 Å². The molecule has 1 fully saturated rings. The van der Waals surface area contributed by atoms with Crippen molar-refractivity contribution in [3.05, 3.63) is 11.2 Å². The highest BCUT2D eigenvalue weighted by atomic mass is 32.2. The lowest BCUT2D eigenvalue weighted by Crippen LogP contribution is -2.26. The summed E-state index contributed by atoms with van der Waals surface area (Å²) in [6, 6.07) is 0.383. The number of hydrogen-bond donors (Lipinski definition) is 2. The second-order valence-electron chi connectivity index (χ2n) is 3.79. The zero-order chi connectivity index (χ0) is 11.5. The average molecular weight is 258 g/mol. The van der Waals surface area contributed by atoms with E-state index < -0.39 is 5.97 Å². The third-order valence-electron chi connectivity index (χ3n) is 2.84. The number of rotatable bonds is 4. The van der Waals surface area contributed by atoms with E-state index in [0.717, 1.165) is 6.42 Å². The number of thiazole rings is 1. The Morgan fingerprint density at radius 1 is 1.69 bits per heavy atom. The Morgan fingerprint density at radius 3 is 3.19 bits per heavy atom. The van der Waals surface area contributed by atoms with Gasteiger partial charge in [0.2, 0.25) is 0 Å². The number of aromatic nitrogens is 1. The van der Waals surface area contributed by atoms with E-state index in [4.69, 9.17) is 5.11 Å². The van der Waals surface area contributed by atoms with E-state index in [0.29, 0.717) is 16.3 Å². The first-order valence-corrected chi connectivity index (χ1v) is 7.35. The maximum absolute atomic E-state index is 10.9. The summed E-state index contributed by atoms with van der Waals surface area (Å²) >= 11 is 3.22. The summed E-state index contributed by atoms with van der Waals surface area (Å²) in [5.41, 5.74) is 1.73. The van der Waals surface area contributed by atoms with Crippen molar-refractivity contribution in [3.8, 4) is 0 Å². The van der Waals surface area contributed by atoms with Gasteiger partial charge in [0.15, 0.2) is 5.69 Å². The number of nitrogens with zero attached hydrogens (tertiary/aromatic N) is 1. The first kappa shape index (κ1) is 11.7. The van der Waals surface area contributed by atoms with Gasteiger partial charge < -0.3 is 10.4 Å². The predicted molar refractivity (Wildman–Crippen MR) is 67.6 cm³/mol. The molecule has 1 aromatic rings. The molecule has 0 amide bonds. The van der Waals surface area contributed by atoms with Crippen LogP contribution in [0.5, 0.6) is 0 Å². The molecule has 1 aromatic heterocycles.